The van der Waals surface area contributed by atoms with Crippen molar-refractivity contribution in [2.45, 2.75) is 19.8 Å². The second-order valence-electron chi connectivity index (χ2n) is 5.39. The summed E-state index contributed by atoms with van der Waals surface area (Å²) in [7, 11) is -3.25. The van der Waals surface area contributed by atoms with E-state index < -0.39 is 10.0 Å². The van der Waals surface area contributed by atoms with E-state index in [2.05, 4.69) is 10.3 Å². The van der Waals surface area contributed by atoms with Gasteiger partial charge in [0.2, 0.25) is 10.0 Å². The molecule has 8 heteroatoms. The van der Waals surface area contributed by atoms with Crippen LogP contribution in [-0.2, 0) is 10.0 Å². The molecule has 1 saturated heterocycles. The fourth-order valence-electron chi connectivity index (χ4n) is 2.59. The van der Waals surface area contributed by atoms with Crippen molar-refractivity contribution in [3.8, 4) is 0 Å². The number of sulfonamides is 1. The number of rotatable bonds is 3. The topological polar surface area (TPSA) is 79.4 Å². The standard InChI is InChI=1S/C15H17N3O3S2/c1-11-10-12(14(19)17-15-16-6-8-22-15)4-5-13(11)18-7-2-3-9-23(18,20)21/h4-6,8,10H,2-3,7,9H2,1H3,(H,16,17,19). The number of hydrogen-bond donors (Lipinski definition) is 1. The molecule has 1 N–H and O–H groups in total. The van der Waals surface area contributed by atoms with E-state index >= 15 is 0 Å². The minimum absolute atomic E-state index is 0.179. The van der Waals surface area contributed by atoms with Gasteiger partial charge >= 0.3 is 0 Å². The Hall–Kier alpha value is -1.93. The smallest absolute Gasteiger partial charge is 0.257 e. The lowest BCUT2D eigenvalue weighted by Crippen LogP contribution is -2.38. The van der Waals surface area contributed by atoms with Crippen molar-refractivity contribution >= 4 is 38.1 Å². The van der Waals surface area contributed by atoms with E-state index in [0.29, 0.717) is 29.3 Å². The van der Waals surface area contributed by atoms with E-state index in [1.807, 2.05) is 6.92 Å². The van der Waals surface area contributed by atoms with Crippen molar-refractivity contribution in [2.75, 3.05) is 21.9 Å². The number of carbonyl (C=O) groups is 1. The molecule has 0 radical (unpaired) electrons. The largest absolute Gasteiger partial charge is 0.298 e. The van der Waals surface area contributed by atoms with E-state index in [9.17, 15) is 13.2 Å². The number of anilines is 2. The van der Waals surface area contributed by atoms with Crippen LogP contribution in [0, 0.1) is 6.92 Å². The average Bonchev–Trinajstić information content (AvgIpc) is 3.00. The van der Waals surface area contributed by atoms with Crippen molar-refractivity contribution in [2.24, 2.45) is 0 Å². The molecule has 6 nitrogen and oxygen atoms in total. The van der Waals surface area contributed by atoms with Gasteiger partial charge in [-0.3, -0.25) is 14.4 Å². The van der Waals surface area contributed by atoms with Crippen molar-refractivity contribution in [1.82, 2.24) is 4.98 Å². The number of thiazole rings is 1. The van der Waals surface area contributed by atoms with Crippen LogP contribution in [0.5, 0.6) is 0 Å². The Morgan fingerprint density at radius 1 is 1.35 bits per heavy atom. The van der Waals surface area contributed by atoms with Crippen molar-refractivity contribution < 1.29 is 13.2 Å². The summed E-state index contributed by atoms with van der Waals surface area (Å²) in [5, 5.41) is 5.04. The highest BCUT2D eigenvalue weighted by atomic mass is 32.2. The van der Waals surface area contributed by atoms with Gasteiger partial charge in [-0.05, 0) is 43.5 Å². The first kappa shape index (κ1) is 15.9. The molecule has 1 aromatic heterocycles. The summed E-state index contributed by atoms with van der Waals surface area (Å²) < 4.78 is 25.9. The number of aromatic nitrogens is 1. The lowest BCUT2D eigenvalue weighted by molar-refractivity contribution is 0.102. The monoisotopic (exact) mass is 351 g/mol. The van der Waals surface area contributed by atoms with Crippen LogP contribution in [0.25, 0.3) is 0 Å². The maximum Gasteiger partial charge on any atom is 0.257 e. The minimum atomic E-state index is -3.25. The number of amides is 1. The number of aryl methyl sites for hydroxylation is 1. The molecule has 2 heterocycles. The molecule has 1 aliphatic rings. The summed E-state index contributed by atoms with van der Waals surface area (Å²) in [5.74, 6) is -0.0743. The molecule has 0 aliphatic carbocycles. The first-order chi connectivity index (χ1) is 11.0. The van der Waals surface area contributed by atoms with Gasteiger partial charge in [0.1, 0.15) is 0 Å². The van der Waals surface area contributed by atoms with Gasteiger partial charge in [-0.25, -0.2) is 13.4 Å². The third kappa shape index (κ3) is 3.37. The molecule has 1 aromatic carbocycles. The fourth-order valence-corrected chi connectivity index (χ4v) is 4.82. The Morgan fingerprint density at radius 2 is 2.17 bits per heavy atom. The predicted molar refractivity (Wildman–Crippen MR) is 91.6 cm³/mol. The van der Waals surface area contributed by atoms with Gasteiger partial charge in [-0.1, -0.05) is 0 Å². The van der Waals surface area contributed by atoms with E-state index in [1.54, 1.807) is 29.8 Å². The molecular formula is C15H17N3O3S2. The number of nitrogens with zero attached hydrogens (tertiary/aromatic N) is 2. The lowest BCUT2D eigenvalue weighted by atomic mass is 10.1. The highest BCUT2D eigenvalue weighted by Crippen LogP contribution is 2.27. The first-order valence-electron chi connectivity index (χ1n) is 7.29. The van der Waals surface area contributed by atoms with E-state index in [4.69, 9.17) is 0 Å². The van der Waals surface area contributed by atoms with E-state index in [1.165, 1.54) is 15.6 Å². The normalized spacial score (nSPS) is 17.0. The van der Waals surface area contributed by atoms with Gasteiger partial charge in [-0.15, -0.1) is 11.3 Å². The van der Waals surface area contributed by atoms with Crippen molar-refractivity contribution in [3.63, 3.8) is 0 Å². The van der Waals surface area contributed by atoms with Crippen LogP contribution in [0.3, 0.4) is 0 Å². The average molecular weight is 351 g/mol. The third-order valence-corrected chi connectivity index (χ3v) is 6.27. The van der Waals surface area contributed by atoms with Crippen LogP contribution in [0.15, 0.2) is 29.8 Å². The highest BCUT2D eigenvalue weighted by Gasteiger charge is 2.27. The van der Waals surface area contributed by atoms with E-state index in [-0.39, 0.29) is 11.7 Å². The Balaban J connectivity index is 1.84. The Kier molecular flexibility index (Phi) is 4.36. The van der Waals surface area contributed by atoms with Crippen LogP contribution in [0.2, 0.25) is 0 Å². The zero-order valence-electron chi connectivity index (χ0n) is 12.7. The van der Waals surface area contributed by atoms with Crippen molar-refractivity contribution in [1.29, 1.82) is 0 Å². The summed E-state index contributed by atoms with van der Waals surface area (Å²) in [5.41, 5.74) is 1.90. The molecule has 3 rings (SSSR count). The van der Waals surface area contributed by atoms with Crippen LogP contribution in [0.1, 0.15) is 28.8 Å². The SMILES string of the molecule is Cc1cc(C(=O)Nc2nccs2)ccc1N1CCCCS1(=O)=O. The quantitative estimate of drug-likeness (QED) is 0.922. The Labute approximate surface area is 139 Å². The second kappa shape index (κ2) is 6.29. The van der Waals surface area contributed by atoms with Gasteiger partial charge in [-0.2, -0.15) is 0 Å². The zero-order chi connectivity index (χ0) is 16.4. The molecule has 0 unspecified atom stereocenters. The van der Waals surface area contributed by atoms with Gasteiger partial charge in [0.15, 0.2) is 5.13 Å². The van der Waals surface area contributed by atoms with Crippen molar-refractivity contribution in [3.05, 3.63) is 40.9 Å². The second-order valence-corrected chi connectivity index (χ2v) is 8.30. The maximum absolute atomic E-state index is 12.2. The van der Waals surface area contributed by atoms with Gasteiger partial charge in [0.05, 0.1) is 11.4 Å². The summed E-state index contributed by atoms with van der Waals surface area (Å²) in [4.78, 5) is 16.2. The number of benzene rings is 1. The third-order valence-electron chi connectivity index (χ3n) is 3.73. The Morgan fingerprint density at radius 3 is 2.83 bits per heavy atom. The lowest BCUT2D eigenvalue weighted by Gasteiger charge is -2.29. The molecule has 1 fully saturated rings. The fraction of sp³-hybridized carbons (Fsp3) is 0.333. The van der Waals surface area contributed by atoms with Gasteiger partial charge in [0, 0.05) is 23.7 Å². The van der Waals surface area contributed by atoms with Crippen LogP contribution in [0.4, 0.5) is 10.8 Å². The molecule has 122 valence electrons. The minimum Gasteiger partial charge on any atom is -0.298 e. The summed E-state index contributed by atoms with van der Waals surface area (Å²) in [6.45, 7) is 2.31. The number of nitrogens with one attached hydrogen (secondary N) is 1. The molecule has 0 spiro atoms. The molecule has 0 saturated carbocycles. The van der Waals surface area contributed by atoms with Crippen LogP contribution >= 0.6 is 11.3 Å². The molecule has 2 aromatic rings. The summed E-state index contributed by atoms with van der Waals surface area (Å²) in [6.07, 6.45) is 3.17. The van der Waals surface area contributed by atoms with Crippen LogP contribution < -0.4 is 9.62 Å². The molecular weight excluding hydrogens is 334 g/mol. The molecule has 0 bridgehead atoms. The van der Waals surface area contributed by atoms with Crippen LogP contribution in [-0.4, -0.2) is 31.6 Å². The first-order valence-corrected chi connectivity index (χ1v) is 9.78. The zero-order valence-corrected chi connectivity index (χ0v) is 14.3. The number of carbonyl (C=O) groups excluding carboxylic acids is 1. The highest BCUT2D eigenvalue weighted by molar-refractivity contribution is 7.92. The van der Waals surface area contributed by atoms with E-state index in [0.717, 1.165) is 12.0 Å². The molecule has 23 heavy (non-hydrogen) atoms. The molecule has 0 atom stereocenters. The predicted octanol–water partition coefficient (Wildman–Crippen LogP) is 2.63. The van der Waals surface area contributed by atoms with Gasteiger partial charge in [0.25, 0.3) is 5.91 Å². The number of hydrogen-bond acceptors (Lipinski definition) is 5. The maximum atomic E-state index is 12.2. The summed E-state index contributed by atoms with van der Waals surface area (Å²) in [6, 6.07) is 5.06. The Bertz CT molecular complexity index is 816. The molecule has 1 aliphatic heterocycles. The molecule has 1 amide bonds. The summed E-state index contributed by atoms with van der Waals surface area (Å²) >= 11 is 1.35. The van der Waals surface area contributed by atoms with Gasteiger partial charge < -0.3 is 0 Å².